The van der Waals surface area contributed by atoms with E-state index in [1.807, 2.05) is 49.1 Å². The maximum atomic E-state index is 14.0. The summed E-state index contributed by atoms with van der Waals surface area (Å²) in [6, 6.07) is 21.2. The van der Waals surface area contributed by atoms with Crippen molar-refractivity contribution in [2.45, 2.75) is 45.2 Å². The Labute approximate surface area is 208 Å². The van der Waals surface area contributed by atoms with Crippen LogP contribution in [0, 0.1) is 11.6 Å². The first-order chi connectivity index (χ1) is 17.4. The highest BCUT2D eigenvalue weighted by Crippen LogP contribution is 2.38. The largest absolute Gasteiger partial charge is 0.438 e. The quantitative estimate of drug-likeness (QED) is 0.272. The molecule has 1 heterocycles. The summed E-state index contributed by atoms with van der Waals surface area (Å²) in [4.78, 5) is 15.3. The Balaban J connectivity index is 1.60. The monoisotopic (exact) mass is 487 g/mol. The van der Waals surface area contributed by atoms with Gasteiger partial charge in [0.15, 0.2) is 0 Å². The normalized spacial score (nSPS) is 13.1. The molecule has 5 nitrogen and oxygen atoms in total. The third-order valence-electron chi connectivity index (χ3n) is 6.19. The Morgan fingerprint density at radius 3 is 2.36 bits per heavy atom. The number of amides is 1. The Kier molecular flexibility index (Phi) is 6.55. The first-order valence-corrected chi connectivity index (χ1v) is 12.1. The van der Waals surface area contributed by atoms with E-state index in [1.54, 1.807) is 16.8 Å². The van der Waals surface area contributed by atoms with Crippen molar-refractivity contribution >= 4 is 5.91 Å². The second kappa shape index (κ2) is 9.93. The summed E-state index contributed by atoms with van der Waals surface area (Å²) in [6.45, 7) is 4.35. The van der Waals surface area contributed by atoms with Crippen molar-refractivity contribution in [1.82, 2.24) is 14.7 Å². The average Bonchev–Trinajstić information content (AvgIpc) is 3.65. The smallest absolute Gasteiger partial charge is 0.254 e. The number of carbonyl (C=O) groups is 1. The van der Waals surface area contributed by atoms with Crippen LogP contribution in [0.1, 0.15) is 54.2 Å². The highest BCUT2D eigenvalue weighted by atomic mass is 19.1. The van der Waals surface area contributed by atoms with Gasteiger partial charge in [0.25, 0.3) is 5.91 Å². The van der Waals surface area contributed by atoms with Crippen LogP contribution < -0.4 is 4.74 Å². The minimum absolute atomic E-state index is 0.0433. The van der Waals surface area contributed by atoms with Gasteiger partial charge in [-0.3, -0.25) is 4.79 Å². The van der Waals surface area contributed by atoms with E-state index in [-0.39, 0.29) is 30.2 Å². The highest BCUT2D eigenvalue weighted by Gasteiger charge is 2.36. The van der Waals surface area contributed by atoms with Gasteiger partial charge in [-0.2, -0.15) is 5.10 Å². The predicted octanol–water partition coefficient (Wildman–Crippen LogP) is 6.87. The van der Waals surface area contributed by atoms with Crippen LogP contribution in [-0.2, 0) is 6.54 Å². The molecule has 1 aliphatic rings. The second-order valence-electron chi connectivity index (χ2n) is 9.30. The third-order valence-corrected chi connectivity index (χ3v) is 6.19. The fraction of sp³-hybridized carbons (Fsp3) is 0.241. The van der Waals surface area contributed by atoms with Gasteiger partial charge in [0.05, 0.1) is 23.5 Å². The topological polar surface area (TPSA) is 47.4 Å². The number of hydrogen-bond acceptors (Lipinski definition) is 3. The third kappa shape index (κ3) is 5.00. The number of aromatic nitrogens is 2. The fourth-order valence-electron chi connectivity index (χ4n) is 4.24. The molecule has 3 aromatic carbocycles. The number of ether oxygens (including phenoxy) is 1. The number of carbonyl (C=O) groups excluding carboxylic acids is 1. The van der Waals surface area contributed by atoms with Gasteiger partial charge in [-0.15, -0.1) is 0 Å². The molecule has 0 atom stereocenters. The molecule has 7 heteroatoms. The van der Waals surface area contributed by atoms with Gasteiger partial charge in [0, 0.05) is 17.7 Å². The van der Waals surface area contributed by atoms with Gasteiger partial charge in [-0.1, -0.05) is 38.1 Å². The number of benzene rings is 3. The standard InChI is InChI=1S/C29H27F2N3O2/c1-19(2)27-26(18-33(23-15-16-23)28(35)20-11-13-21(30)14-12-20)29(36-25-10-6-7-22(31)17-25)34(32-27)24-8-4-3-5-9-24/h3-14,17,19,23H,15-16,18H2,1-2H3. The summed E-state index contributed by atoms with van der Waals surface area (Å²) in [5, 5.41) is 4.89. The number of halogens is 2. The molecule has 0 spiro atoms. The lowest BCUT2D eigenvalue weighted by Gasteiger charge is -2.24. The van der Waals surface area contributed by atoms with Gasteiger partial charge >= 0.3 is 0 Å². The average molecular weight is 488 g/mol. The van der Waals surface area contributed by atoms with Crippen LogP contribution in [0.15, 0.2) is 78.9 Å². The Hall–Kier alpha value is -4.00. The van der Waals surface area contributed by atoms with E-state index in [2.05, 4.69) is 0 Å². The summed E-state index contributed by atoms with van der Waals surface area (Å²) in [5.41, 5.74) is 2.78. The van der Waals surface area contributed by atoms with E-state index in [0.717, 1.165) is 29.8 Å². The van der Waals surface area contributed by atoms with Gasteiger partial charge in [0.1, 0.15) is 17.4 Å². The molecule has 4 aromatic rings. The molecule has 36 heavy (non-hydrogen) atoms. The maximum absolute atomic E-state index is 14.0. The lowest BCUT2D eigenvalue weighted by Crippen LogP contribution is -2.33. The minimum Gasteiger partial charge on any atom is -0.438 e. The van der Waals surface area contributed by atoms with Crippen molar-refractivity contribution in [3.63, 3.8) is 0 Å². The molecule has 0 aliphatic heterocycles. The molecule has 0 radical (unpaired) electrons. The second-order valence-corrected chi connectivity index (χ2v) is 9.30. The first kappa shape index (κ1) is 23.7. The van der Waals surface area contributed by atoms with Crippen LogP contribution in [0.4, 0.5) is 8.78 Å². The summed E-state index contributed by atoms with van der Waals surface area (Å²) in [7, 11) is 0. The van der Waals surface area contributed by atoms with E-state index in [1.165, 1.54) is 36.4 Å². The molecule has 0 saturated heterocycles. The van der Waals surface area contributed by atoms with Crippen molar-refractivity contribution < 1.29 is 18.3 Å². The number of para-hydroxylation sites is 1. The van der Waals surface area contributed by atoms with E-state index in [4.69, 9.17) is 9.84 Å². The van der Waals surface area contributed by atoms with E-state index < -0.39 is 5.82 Å². The summed E-state index contributed by atoms with van der Waals surface area (Å²) >= 11 is 0. The molecule has 5 rings (SSSR count). The summed E-state index contributed by atoms with van der Waals surface area (Å²) in [6.07, 6.45) is 1.80. The van der Waals surface area contributed by atoms with Crippen LogP contribution >= 0.6 is 0 Å². The molecule has 1 amide bonds. The molecule has 0 N–H and O–H groups in total. The van der Waals surface area contributed by atoms with E-state index in [9.17, 15) is 13.6 Å². The van der Waals surface area contributed by atoms with Crippen molar-refractivity contribution in [3.05, 3.63) is 107 Å². The van der Waals surface area contributed by atoms with Gasteiger partial charge in [-0.05, 0) is 67.3 Å². The summed E-state index contributed by atoms with van der Waals surface area (Å²) < 4.78 is 35.5. The van der Waals surface area contributed by atoms with E-state index >= 15 is 0 Å². The highest BCUT2D eigenvalue weighted by molar-refractivity contribution is 5.94. The van der Waals surface area contributed by atoms with Crippen molar-refractivity contribution in [1.29, 1.82) is 0 Å². The Bertz CT molecular complexity index is 1360. The number of nitrogens with zero attached hydrogens (tertiary/aromatic N) is 3. The fourth-order valence-corrected chi connectivity index (χ4v) is 4.24. The maximum Gasteiger partial charge on any atom is 0.254 e. The zero-order valence-electron chi connectivity index (χ0n) is 20.2. The van der Waals surface area contributed by atoms with Crippen LogP contribution in [0.5, 0.6) is 11.6 Å². The molecule has 184 valence electrons. The molecule has 1 saturated carbocycles. The van der Waals surface area contributed by atoms with Gasteiger partial charge in [0.2, 0.25) is 5.88 Å². The first-order valence-electron chi connectivity index (χ1n) is 12.1. The zero-order chi connectivity index (χ0) is 25.2. The Morgan fingerprint density at radius 1 is 1.00 bits per heavy atom. The van der Waals surface area contributed by atoms with Crippen molar-refractivity contribution in [2.75, 3.05) is 0 Å². The molecule has 1 aromatic heterocycles. The van der Waals surface area contributed by atoms with E-state index in [0.29, 0.717) is 17.2 Å². The van der Waals surface area contributed by atoms with Crippen LogP contribution in [0.3, 0.4) is 0 Å². The minimum atomic E-state index is -0.407. The molecule has 1 aliphatic carbocycles. The van der Waals surface area contributed by atoms with Crippen molar-refractivity contribution in [3.8, 4) is 17.3 Å². The molecule has 1 fully saturated rings. The summed E-state index contributed by atoms with van der Waals surface area (Å²) in [5.74, 6) is -0.144. The molecule has 0 unspecified atom stereocenters. The van der Waals surface area contributed by atoms with Gasteiger partial charge in [-0.25, -0.2) is 13.5 Å². The number of hydrogen-bond donors (Lipinski definition) is 0. The van der Waals surface area contributed by atoms with Gasteiger partial charge < -0.3 is 9.64 Å². The van der Waals surface area contributed by atoms with Crippen LogP contribution in [0.25, 0.3) is 5.69 Å². The lowest BCUT2D eigenvalue weighted by molar-refractivity contribution is 0.0728. The lowest BCUT2D eigenvalue weighted by atomic mass is 10.0. The zero-order valence-corrected chi connectivity index (χ0v) is 20.2. The SMILES string of the molecule is CC(C)c1nn(-c2ccccc2)c(Oc2cccc(F)c2)c1CN(C(=O)c1ccc(F)cc1)C1CC1. The molecular formula is C29H27F2N3O2. The predicted molar refractivity (Wildman–Crippen MR) is 133 cm³/mol. The van der Waals surface area contributed by atoms with Crippen LogP contribution in [-0.4, -0.2) is 26.6 Å². The molecule has 0 bridgehead atoms. The number of rotatable bonds is 8. The molecular weight excluding hydrogens is 460 g/mol. The Morgan fingerprint density at radius 2 is 1.72 bits per heavy atom. The van der Waals surface area contributed by atoms with Crippen LogP contribution in [0.2, 0.25) is 0 Å². The van der Waals surface area contributed by atoms with Crippen molar-refractivity contribution in [2.24, 2.45) is 0 Å².